The topological polar surface area (TPSA) is 87.8 Å². The molecule has 0 amide bonds. The molecule has 1 fully saturated rings. The van der Waals surface area contributed by atoms with Gasteiger partial charge >= 0.3 is 5.97 Å². The van der Waals surface area contributed by atoms with Gasteiger partial charge in [-0.2, -0.15) is 4.31 Å². The predicted molar refractivity (Wildman–Crippen MR) is 66.1 cm³/mol. The van der Waals surface area contributed by atoms with E-state index in [4.69, 9.17) is 4.42 Å². The molecule has 3 rings (SSSR count). The van der Waals surface area contributed by atoms with Crippen molar-refractivity contribution in [2.24, 2.45) is 0 Å². The number of carbonyl (C=O) groups is 1. The number of rotatable bonds is 3. The average Bonchev–Trinajstić information content (AvgIpc) is 2.93. The van der Waals surface area contributed by atoms with E-state index in [1.807, 2.05) is 0 Å². The molecule has 0 spiro atoms. The minimum Gasteiger partial charge on any atom is -0.480 e. The van der Waals surface area contributed by atoms with E-state index in [1.54, 1.807) is 13.0 Å². The number of sulfonamides is 1. The van der Waals surface area contributed by atoms with E-state index < -0.39 is 26.8 Å². The summed E-state index contributed by atoms with van der Waals surface area (Å²) in [4.78, 5) is 11.5. The van der Waals surface area contributed by atoms with Crippen LogP contribution >= 0.6 is 0 Å². The molecule has 1 atom stereocenters. The molecule has 0 bridgehead atoms. The molecule has 1 saturated carbocycles. The number of carboxylic acid groups (broad SMARTS) is 1. The second-order valence-corrected chi connectivity index (χ2v) is 7.76. The Morgan fingerprint density at radius 1 is 1.53 bits per heavy atom. The van der Waals surface area contributed by atoms with E-state index in [0.717, 1.165) is 4.31 Å². The monoisotopic (exact) mass is 285 g/mol. The van der Waals surface area contributed by atoms with Crippen molar-refractivity contribution in [3.05, 3.63) is 23.7 Å². The van der Waals surface area contributed by atoms with Crippen LogP contribution in [0.25, 0.3) is 0 Å². The van der Waals surface area contributed by atoms with Gasteiger partial charge in [0.1, 0.15) is 5.76 Å². The number of hydrogen-bond acceptors (Lipinski definition) is 4. The number of aliphatic carboxylic acids is 1. The van der Waals surface area contributed by atoms with Gasteiger partial charge in [-0.25, -0.2) is 8.42 Å². The minimum atomic E-state index is -3.59. The van der Waals surface area contributed by atoms with E-state index in [9.17, 15) is 18.3 Å². The molecule has 0 saturated heterocycles. The second kappa shape index (κ2) is 3.83. The largest absolute Gasteiger partial charge is 0.480 e. The summed E-state index contributed by atoms with van der Waals surface area (Å²) in [7, 11) is -3.59. The fraction of sp³-hybridized carbons (Fsp3) is 0.583. The van der Waals surface area contributed by atoms with Crippen LogP contribution in [0, 0.1) is 0 Å². The summed E-state index contributed by atoms with van der Waals surface area (Å²) in [5.41, 5.74) is 0.451. The number of carboxylic acids is 1. The first-order valence-corrected chi connectivity index (χ1v) is 7.61. The van der Waals surface area contributed by atoms with Crippen molar-refractivity contribution >= 4 is 16.0 Å². The smallest absolute Gasteiger partial charge is 0.326 e. The van der Waals surface area contributed by atoms with Crippen molar-refractivity contribution in [1.29, 1.82) is 0 Å². The van der Waals surface area contributed by atoms with Gasteiger partial charge in [-0.3, -0.25) is 4.79 Å². The van der Waals surface area contributed by atoms with Gasteiger partial charge in [-0.05, 0) is 25.8 Å². The molecule has 1 unspecified atom stereocenters. The Morgan fingerprint density at radius 3 is 2.79 bits per heavy atom. The Hall–Kier alpha value is -1.34. The maximum Gasteiger partial charge on any atom is 0.326 e. The number of fused-ring (bicyclic) bond motifs is 1. The van der Waals surface area contributed by atoms with Crippen molar-refractivity contribution in [2.45, 2.75) is 37.0 Å². The SMILES string of the molecule is CC1(S(=O)(=O)N2CCc3occc3C2C(=O)O)CC1. The highest BCUT2D eigenvalue weighted by atomic mass is 32.2. The lowest BCUT2D eigenvalue weighted by atomic mass is 10.0. The summed E-state index contributed by atoms with van der Waals surface area (Å²) in [6.45, 7) is 1.83. The van der Waals surface area contributed by atoms with Crippen LogP contribution in [-0.4, -0.2) is 35.1 Å². The van der Waals surface area contributed by atoms with E-state index in [1.165, 1.54) is 6.26 Å². The van der Waals surface area contributed by atoms with Crippen LogP contribution in [0.5, 0.6) is 0 Å². The third-order valence-corrected chi connectivity index (χ3v) is 6.71. The zero-order chi connectivity index (χ0) is 13.8. The second-order valence-electron chi connectivity index (χ2n) is 5.36. The Balaban J connectivity index is 2.06. The lowest BCUT2D eigenvalue weighted by molar-refractivity contribution is -0.142. The lowest BCUT2D eigenvalue weighted by Crippen LogP contribution is -2.47. The number of hydrogen-bond donors (Lipinski definition) is 1. The molecule has 0 radical (unpaired) electrons. The van der Waals surface area contributed by atoms with Crippen LogP contribution in [0.3, 0.4) is 0 Å². The molecular weight excluding hydrogens is 270 g/mol. The Morgan fingerprint density at radius 2 is 2.21 bits per heavy atom. The van der Waals surface area contributed by atoms with Crippen LogP contribution < -0.4 is 0 Å². The van der Waals surface area contributed by atoms with Gasteiger partial charge in [0.25, 0.3) is 0 Å². The highest BCUT2D eigenvalue weighted by Gasteiger charge is 2.56. The van der Waals surface area contributed by atoms with Gasteiger partial charge in [0.05, 0.1) is 11.0 Å². The first-order valence-electron chi connectivity index (χ1n) is 6.17. The highest BCUT2D eigenvalue weighted by molar-refractivity contribution is 7.90. The third-order valence-electron chi connectivity index (χ3n) is 4.04. The quantitative estimate of drug-likeness (QED) is 0.900. The van der Waals surface area contributed by atoms with Gasteiger partial charge in [-0.1, -0.05) is 0 Å². The van der Waals surface area contributed by atoms with Crippen molar-refractivity contribution < 1.29 is 22.7 Å². The lowest BCUT2D eigenvalue weighted by Gasteiger charge is -2.33. The molecule has 2 aliphatic rings. The van der Waals surface area contributed by atoms with Crippen molar-refractivity contribution in [3.8, 4) is 0 Å². The van der Waals surface area contributed by atoms with Crippen LogP contribution in [-0.2, 0) is 21.2 Å². The predicted octanol–water partition coefficient (Wildman–Crippen LogP) is 1.15. The Kier molecular flexibility index (Phi) is 2.56. The number of nitrogens with zero attached hydrogens (tertiary/aromatic N) is 1. The summed E-state index contributed by atoms with van der Waals surface area (Å²) < 4.78 is 30.6. The molecule has 104 valence electrons. The van der Waals surface area contributed by atoms with Gasteiger partial charge < -0.3 is 9.52 Å². The molecule has 7 heteroatoms. The van der Waals surface area contributed by atoms with Crippen LogP contribution in [0.4, 0.5) is 0 Å². The average molecular weight is 285 g/mol. The fourth-order valence-electron chi connectivity index (χ4n) is 2.53. The van der Waals surface area contributed by atoms with Crippen LogP contribution in [0.2, 0.25) is 0 Å². The summed E-state index contributed by atoms with van der Waals surface area (Å²) in [5.74, 6) is -0.588. The zero-order valence-electron chi connectivity index (χ0n) is 10.5. The third kappa shape index (κ3) is 1.72. The van der Waals surface area contributed by atoms with Gasteiger partial charge in [-0.15, -0.1) is 0 Å². The van der Waals surface area contributed by atoms with Gasteiger partial charge in [0.2, 0.25) is 10.0 Å². The van der Waals surface area contributed by atoms with Crippen LogP contribution in [0.1, 0.15) is 37.1 Å². The van der Waals surface area contributed by atoms with Crippen LogP contribution in [0.15, 0.2) is 16.7 Å². The first-order chi connectivity index (χ1) is 8.87. The molecular formula is C12H15NO5S. The first kappa shape index (κ1) is 12.7. The highest BCUT2D eigenvalue weighted by Crippen LogP contribution is 2.47. The summed E-state index contributed by atoms with van der Waals surface area (Å²) in [6, 6.07) is 0.385. The molecule has 1 aromatic heterocycles. The van der Waals surface area contributed by atoms with Gasteiger partial charge in [0, 0.05) is 18.5 Å². The maximum atomic E-state index is 12.5. The van der Waals surface area contributed by atoms with Crippen molar-refractivity contribution in [1.82, 2.24) is 4.31 Å². The van der Waals surface area contributed by atoms with E-state index in [-0.39, 0.29) is 6.54 Å². The summed E-state index contributed by atoms with van der Waals surface area (Å²) in [5, 5.41) is 9.38. The molecule has 1 aliphatic heterocycles. The number of furan rings is 1. The zero-order valence-corrected chi connectivity index (χ0v) is 11.3. The fourth-order valence-corrected chi connectivity index (χ4v) is 4.52. The molecule has 1 aromatic rings. The van der Waals surface area contributed by atoms with E-state index >= 15 is 0 Å². The molecule has 0 aromatic carbocycles. The molecule has 2 heterocycles. The summed E-state index contributed by atoms with van der Waals surface area (Å²) in [6.07, 6.45) is 3.02. The van der Waals surface area contributed by atoms with E-state index in [0.29, 0.717) is 30.6 Å². The maximum absolute atomic E-state index is 12.5. The Labute approximate surface area is 111 Å². The van der Waals surface area contributed by atoms with Gasteiger partial charge in [0.15, 0.2) is 6.04 Å². The minimum absolute atomic E-state index is 0.162. The Bertz CT molecular complexity index is 628. The van der Waals surface area contributed by atoms with E-state index in [2.05, 4.69) is 0 Å². The standard InChI is InChI=1S/C12H15NO5S/c1-12(4-5-12)19(16,17)13-6-2-9-8(3-7-18-9)10(13)11(14)15/h3,7,10H,2,4-6H2,1H3,(H,14,15). The van der Waals surface area contributed by atoms with Crippen molar-refractivity contribution in [3.63, 3.8) is 0 Å². The molecule has 1 aliphatic carbocycles. The molecule has 19 heavy (non-hydrogen) atoms. The molecule has 6 nitrogen and oxygen atoms in total. The normalized spacial score (nSPS) is 25.8. The molecule has 1 N–H and O–H groups in total. The van der Waals surface area contributed by atoms with Crippen molar-refractivity contribution in [2.75, 3.05) is 6.54 Å². The summed E-state index contributed by atoms with van der Waals surface area (Å²) >= 11 is 0.